The maximum atomic E-state index is 2.67. The molecule has 5 aromatic carbocycles. The van der Waals surface area contributed by atoms with Gasteiger partial charge in [0.2, 0.25) is 0 Å². The number of anilines is 6. The van der Waals surface area contributed by atoms with Gasteiger partial charge < -0.3 is 14.4 Å². The number of hydrogen-bond acceptors (Lipinski definition) is 2. The van der Waals surface area contributed by atoms with Crippen molar-refractivity contribution in [3.63, 3.8) is 0 Å². The molecule has 0 aliphatic carbocycles. The van der Waals surface area contributed by atoms with Crippen molar-refractivity contribution in [2.24, 2.45) is 0 Å². The molecular formula is C42H38BN3. The highest BCUT2D eigenvalue weighted by Gasteiger charge is 2.54. The van der Waals surface area contributed by atoms with Crippen LogP contribution in [0.1, 0.15) is 76.6 Å². The Morgan fingerprint density at radius 2 is 1.33 bits per heavy atom. The third kappa shape index (κ3) is 2.97. The third-order valence-electron chi connectivity index (χ3n) is 11.4. The highest BCUT2D eigenvalue weighted by atomic mass is 15.2. The smallest absolute Gasteiger partial charge is 0.275 e. The predicted octanol–water partition coefficient (Wildman–Crippen LogP) is 9.09. The fourth-order valence-electron chi connectivity index (χ4n) is 9.25. The fraction of sp³-hybridized carbons (Fsp3) is 0.238. The molecule has 46 heavy (non-hydrogen) atoms. The lowest BCUT2D eigenvalue weighted by molar-refractivity contribution is 0.590. The van der Waals surface area contributed by atoms with Crippen LogP contribution >= 0.6 is 0 Å². The highest BCUT2D eigenvalue weighted by molar-refractivity contribution is 7.02. The Kier molecular flexibility index (Phi) is 4.82. The van der Waals surface area contributed by atoms with E-state index < -0.39 is 0 Å². The number of nitrogens with zero attached hydrogens (tertiary/aromatic N) is 3. The predicted molar refractivity (Wildman–Crippen MR) is 196 cm³/mol. The maximum absolute atomic E-state index is 2.67. The molecule has 224 valence electrons. The van der Waals surface area contributed by atoms with Crippen molar-refractivity contribution in [3.05, 3.63) is 119 Å². The van der Waals surface area contributed by atoms with Gasteiger partial charge in [-0.1, -0.05) is 109 Å². The van der Waals surface area contributed by atoms with E-state index in [9.17, 15) is 0 Å². The summed E-state index contributed by atoms with van der Waals surface area (Å²) in [5, 5.41) is 1.31. The molecule has 0 saturated heterocycles. The van der Waals surface area contributed by atoms with E-state index in [0.29, 0.717) is 5.92 Å². The number of para-hydroxylation sites is 2. The van der Waals surface area contributed by atoms with Crippen LogP contribution in [-0.2, 0) is 10.8 Å². The number of hydrogen-bond donors (Lipinski definition) is 0. The Balaban J connectivity index is 1.39. The van der Waals surface area contributed by atoms with E-state index >= 15 is 0 Å². The van der Waals surface area contributed by atoms with Crippen molar-refractivity contribution >= 4 is 68.3 Å². The molecule has 4 aliphatic heterocycles. The van der Waals surface area contributed by atoms with Gasteiger partial charge in [-0.25, -0.2) is 0 Å². The molecule has 5 heterocycles. The summed E-state index contributed by atoms with van der Waals surface area (Å²) in [6.07, 6.45) is 0. The number of aromatic nitrogens is 1. The minimum absolute atomic E-state index is 0.0963. The van der Waals surface area contributed by atoms with Crippen LogP contribution in [0.4, 0.5) is 34.1 Å². The molecule has 0 atom stereocenters. The van der Waals surface area contributed by atoms with Gasteiger partial charge in [-0.2, -0.15) is 0 Å². The summed E-state index contributed by atoms with van der Waals surface area (Å²) in [6.45, 7) is 16.6. The summed E-state index contributed by atoms with van der Waals surface area (Å²) in [6, 6.07) is 37.2. The van der Waals surface area contributed by atoms with E-state index in [4.69, 9.17) is 0 Å². The van der Waals surface area contributed by atoms with E-state index in [1.54, 1.807) is 0 Å². The topological polar surface area (TPSA) is 11.4 Å². The Hall–Kier alpha value is -4.70. The first-order valence-corrected chi connectivity index (χ1v) is 16.9. The second-order valence-electron chi connectivity index (χ2n) is 15.6. The lowest BCUT2D eigenvalue weighted by Crippen LogP contribution is -2.60. The van der Waals surface area contributed by atoms with Crippen LogP contribution in [0.15, 0.2) is 97.1 Å². The highest BCUT2D eigenvalue weighted by Crippen LogP contribution is 2.57. The van der Waals surface area contributed by atoms with Gasteiger partial charge in [0, 0.05) is 44.8 Å². The summed E-state index contributed by atoms with van der Waals surface area (Å²) < 4.78 is 2.60. The minimum Gasteiger partial charge on any atom is -0.320 e. The molecule has 10 rings (SSSR count). The molecule has 0 fully saturated rings. The van der Waals surface area contributed by atoms with Crippen molar-refractivity contribution in [1.29, 1.82) is 0 Å². The first-order chi connectivity index (χ1) is 22.1. The van der Waals surface area contributed by atoms with Gasteiger partial charge in [-0.3, -0.25) is 0 Å². The van der Waals surface area contributed by atoms with E-state index in [1.807, 2.05) is 0 Å². The molecule has 4 heteroatoms. The van der Waals surface area contributed by atoms with Gasteiger partial charge >= 0.3 is 0 Å². The van der Waals surface area contributed by atoms with Crippen LogP contribution in [-0.4, -0.2) is 11.3 Å². The van der Waals surface area contributed by atoms with Crippen molar-refractivity contribution in [2.45, 2.75) is 65.2 Å². The summed E-state index contributed by atoms with van der Waals surface area (Å²) in [4.78, 5) is 5.25. The standard InChI is InChI=1S/C42H38BN3/c1-24(2)27-20-22-34-35-37(27)46-32-15-11-9-13-29(32)42(6,7)30-21-23-33-36(39(30)46)43(35)40-38(28-12-8-10-14-31(28)45(34)40)44(33)26-18-16-25(17-19-26)41(3,4)5/h8-24H,1-7H3. The number of rotatable bonds is 2. The first-order valence-electron chi connectivity index (χ1n) is 16.9. The fourth-order valence-corrected chi connectivity index (χ4v) is 9.25. The Morgan fingerprint density at radius 3 is 2.09 bits per heavy atom. The molecule has 3 nitrogen and oxygen atoms in total. The minimum atomic E-state index is -0.130. The van der Waals surface area contributed by atoms with Gasteiger partial charge in [0.1, 0.15) is 0 Å². The van der Waals surface area contributed by atoms with E-state index in [0.717, 1.165) is 0 Å². The van der Waals surface area contributed by atoms with Crippen molar-refractivity contribution in [1.82, 2.24) is 4.57 Å². The monoisotopic (exact) mass is 595 g/mol. The van der Waals surface area contributed by atoms with Gasteiger partial charge in [0.25, 0.3) is 6.71 Å². The third-order valence-corrected chi connectivity index (χ3v) is 11.4. The summed E-state index contributed by atoms with van der Waals surface area (Å²) in [7, 11) is 0. The molecule has 1 aromatic heterocycles. The number of fused-ring (bicyclic) bond motifs is 7. The normalized spacial score (nSPS) is 16.0. The second-order valence-corrected chi connectivity index (χ2v) is 15.6. The lowest BCUT2D eigenvalue weighted by Gasteiger charge is -2.49. The SMILES string of the molecule is CC(C)c1ccc2c3c1N1c4ccccc4C(C)(C)c4ccc5c(c41)B3c1c(c3ccccc3n1-2)N5c1ccc(C(C)(C)C)cc1. The molecule has 0 saturated carbocycles. The summed E-state index contributed by atoms with van der Waals surface area (Å²) in [5.41, 5.74) is 20.4. The summed E-state index contributed by atoms with van der Waals surface area (Å²) in [5.74, 6) is 0.396. The van der Waals surface area contributed by atoms with Gasteiger partial charge in [-0.05, 0) is 80.9 Å². The largest absolute Gasteiger partial charge is 0.320 e. The van der Waals surface area contributed by atoms with Crippen LogP contribution in [0.5, 0.6) is 0 Å². The van der Waals surface area contributed by atoms with Crippen LogP contribution < -0.4 is 26.3 Å². The van der Waals surface area contributed by atoms with Crippen LogP contribution in [0, 0.1) is 0 Å². The summed E-state index contributed by atoms with van der Waals surface area (Å²) >= 11 is 0. The molecular weight excluding hydrogens is 557 g/mol. The van der Waals surface area contributed by atoms with Crippen molar-refractivity contribution < 1.29 is 0 Å². The molecule has 0 N–H and O–H groups in total. The zero-order valence-electron chi connectivity index (χ0n) is 27.7. The Bertz CT molecular complexity index is 2320. The van der Waals surface area contributed by atoms with Crippen molar-refractivity contribution in [2.75, 3.05) is 9.80 Å². The molecule has 0 amide bonds. The molecule has 0 unspecified atom stereocenters. The molecule has 0 bridgehead atoms. The first kappa shape index (κ1) is 26.5. The maximum Gasteiger partial charge on any atom is 0.275 e. The molecule has 4 aliphatic rings. The molecule has 0 radical (unpaired) electrons. The van der Waals surface area contributed by atoms with Gasteiger partial charge in [0.15, 0.2) is 0 Å². The van der Waals surface area contributed by atoms with Gasteiger partial charge in [0.05, 0.1) is 16.9 Å². The Labute approximate surface area is 272 Å². The van der Waals surface area contributed by atoms with E-state index in [2.05, 4.69) is 160 Å². The quantitative estimate of drug-likeness (QED) is 0.185. The van der Waals surface area contributed by atoms with Crippen LogP contribution in [0.3, 0.4) is 0 Å². The average molecular weight is 596 g/mol. The zero-order valence-corrected chi connectivity index (χ0v) is 27.7. The zero-order chi connectivity index (χ0) is 31.4. The molecule has 0 spiro atoms. The second kappa shape index (κ2) is 8.36. The van der Waals surface area contributed by atoms with Crippen LogP contribution in [0.25, 0.3) is 16.6 Å². The van der Waals surface area contributed by atoms with E-state index in [-0.39, 0.29) is 17.5 Å². The van der Waals surface area contributed by atoms with Crippen LogP contribution in [0.2, 0.25) is 0 Å². The lowest BCUT2D eigenvalue weighted by atomic mass is 9.35. The molecule has 6 aromatic rings. The van der Waals surface area contributed by atoms with Gasteiger partial charge in [-0.15, -0.1) is 0 Å². The average Bonchev–Trinajstić information content (AvgIpc) is 3.56. The Morgan fingerprint density at radius 1 is 0.630 bits per heavy atom. The van der Waals surface area contributed by atoms with Crippen molar-refractivity contribution in [3.8, 4) is 5.69 Å². The number of benzene rings is 5. The van der Waals surface area contributed by atoms with E-state index in [1.165, 1.54) is 89.5 Å².